The predicted molar refractivity (Wildman–Crippen MR) is 82.0 cm³/mol. The van der Waals surface area contributed by atoms with Gasteiger partial charge < -0.3 is 10.1 Å². The fourth-order valence-electron chi connectivity index (χ4n) is 2.42. The van der Waals surface area contributed by atoms with Crippen LogP contribution >= 0.6 is 11.3 Å². The van der Waals surface area contributed by atoms with E-state index in [9.17, 15) is 10.1 Å². The van der Waals surface area contributed by atoms with E-state index >= 15 is 0 Å². The number of benzene rings is 1. The number of thiazole rings is 1. The zero-order valence-corrected chi connectivity index (χ0v) is 12.3. The van der Waals surface area contributed by atoms with E-state index in [0.717, 1.165) is 37.5 Å². The molecule has 8 heteroatoms. The van der Waals surface area contributed by atoms with Gasteiger partial charge in [-0.3, -0.25) is 15.0 Å². The maximum absolute atomic E-state index is 11.3. The maximum Gasteiger partial charge on any atom is 0.319 e. The second-order valence-electron chi connectivity index (χ2n) is 4.80. The Hall–Kier alpha value is -1.77. The van der Waals surface area contributed by atoms with Crippen LogP contribution in [0, 0.1) is 10.1 Å². The molecule has 0 amide bonds. The van der Waals surface area contributed by atoms with Gasteiger partial charge in [0.1, 0.15) is 5.69 Å². The number of anilines is 1. The number of hydrogen-bond donors (Lipinski definition) is 1. The summed E-state index contributed by atoms with van der Waals surface area (Å²) in [7, 11) is 0. The van der Waals surface area contributed by atoms with Crippen LogP contribution < -0.4 is 5.32 Å². The van der Waals surface area contributed by atoms with E-state index in [-0.39, 0.29) is 10.6 Å². The van der Waals surface area contributed by atoms with Crippen LogP contribution in [0.2, 0.25) is 0 Å². The third-order valence-electron chi connectivity index (χ3n) is 3.51. The number of hydrogen-bond acceptors (Lipinski definition) is 7. The molecular weight excluding hydrogens is 292 g/mol. The van der Waals surface area contributed by atoms with Crippen LogP contribution in [0.1, 0.15) is 0 Å². The van der Waals surface area contributed by atoms with Gasteiger partial charge in [-0.15, -0.1) is 11.3 Å². The molecule has 0 saturated carbocycles. The monoisotopic (exact) mass is 308 g/mol. The lowest BCUT2D eigenvalue weighted by molar-refractivity contribution is -0.382. The van der Waals surface area contributed by atoms with E-state index in [0.29, 0.717) is 17.7 Å². The van der Waals surface area contributed by atoms with E-state index in [1.807, 2.05) is 6.07 Å². The summed E-state index contributed by atoms with van der Waals surface area (Å²) in [5.74, 6) is 0. The maximum atomic E-state index is 11.3. The predicted octanol–water partition coefficient (Wildman–Crippen LogP) is 1.95. The van der Waals surface area contributed by atoms with E-state index in [4.69, 9.17) is 4.74 Å². The first kappa shape index (κ1) is 14.2. The highest BCUT2D eigenvalue weighted by Gasteiger charge is 2.20. The summed E-state index contributed by atoms with van der Waals surface area (Å²) in [6.45, 7) is 4.84. The first-order chi connectivity index (χ1) is 10.3. The average molecular weight is 308 g/mol. The molecular formula is C13H16N4O3S. The molecule has 0 atom stereocenters. The Labute approximate surface area is 125 Å². The van der Waals surface area contributed by atoms with Crippen molar-refractivity contribution in [2.45, 2.75) is 0 Å². The first-order valence-corrected chi connectivity index (χ1v) is 7.68. The van der Waals surface area contributed by atoms with Crippen LogP contribution in [0.4, 0.5) is 11.4 Å². The Balaban J connectivity index is 1.71. The van der Waals surface area contributed by atoms with Crippen molar-refractivity contribution in [1.82, 2.24) is 9.88 Å². The van der Waals surface area contributed by atoms with Crippen molar-refractivity contribution in [2.75, 3.05) is 44.7 Å². The second kappa shape index (κ2) is 6.33. The van der Waals surface area contributed by atoms with Crippen LogP contribution in [0.15, 0.2) is 17.6 Å². The fraction of sp³-hybridized carbons (Fsp3) is 0.462. The van der Waals surface area contributed by atoms with Gasteiger partial charge in [0.05, 0.1) is 28.3 Å². The number of ether oxygens (including phenoxy) is 1. The average Bonchev–Trinajstić information content (AvgIpc) is 2.96. The molecule has 2 aromatic rings. The lowest BCUT2D eigenvalue weighted by Crippen LogP contribution is -2.39. The van der Waals surface area contributed by atoms with Gasteiger partial charge in [0.15, 0.2) is 5.52 Å². The van der Waals surface area contributed by atoms with Crippen molar-refractivity contribution in [3.8, 4) is 0 Å². The highest BCUT2D eigenvalue weighted by Crippen LogP contribution is 2.34. The van der Waals surface area contributed by atoms with Crippen molar-refractivity contribution in [3.63, 3.8) is 0 Å². The number of fused-ring (bicyclic) bond motifs is 1. The van der Waals surface area contributed by atoms with E-state index in [1.54, 1.807) is 11.6 Å². The highest BCUT2D eigenvalue weighted by molar-refractivity contribution is 7.16. The minimum absolute atomic E-state index is 0.0655. The highest BCUT2D eigenvalue weighted by atomic mass is 32.1. The molecule has 7 nitrogen and oxygen atoms in total. The molecule has 1 aliphatic heterocycles. The smallest absolute Gasteiger partial charge is 0.319 e. The molecule has 1 fully saturated rings. The number of nitrogens with zero attached hydrogens (tertiary/aromatic N) is 3. The third kappa shape index (κ3) is 3.12. The molecule has 0 aliphatic carbocycles. The van der Waals surface area contributed by atoms with Gasteiger partial charge in [0, 0.05) is 26.2 Å². The number of morpholine rings is 1. The second-order valence-corrected chi connectivity index (χ2v) is 5.69. The van der Waals surface area contributed by atoms with Crippen molar-refractivity contribution < 1.29 is 9.66 Å². The van der Waals surface area contributed by atoms with Crippen molar-refractivity contribution in [1.29, 1.82) is 0 Å². The molecule has 1 N–H and O–H groups in total. The number of rotatable bonds is 5. The summed E-state index contributed by atoms with van der Waals surface area (Å²) in [5, 5.41) is 14.5. The lowest BCUT2D eigenvalue weighted by atomic mass is 10.2. The molecule has 1 aromatic carbocycles. The van der Waals surface area contributed by atoms with Gasteiger partial charge >= 0.3 is 5.69 Å². The Morgan fingerprint density at radius 1 is 1.43 bits per heavy atom. The van der Waals surface area contributed by atoms with Crippen LogP contribution in [0.25, 0.3) is 10.2 Å². The molecule has 1 aliphatic rings. The molecule has 1 saturated heterocycles. The Bertz CT molecular complexity index is 639. The zero-order valence-electron chi connectivity index (χ0n) is 11.4. The largest absolute Gasteiger partial charge is 0.379 e. The van der Waals surface area contributed by atoms with Gasteiger partial charge in [-0.2, -0.15) is 0 Å². The molecule has 21 heavy (non-hydrogen) atoms. The summed E-state index contributed by atoms with van der Waals surface area (Å²) in [4.78, 5) is 17.3. The van der Waals surface area contributed by atoms with Crippen molar-refractivity contribution >= 4 is 32.9 Å². The van der Waals surface area contributed by atoms with E-state index in [1.165, 1.54) is 11.3 Å². The Morgan fingerprint density at radius 2 is 2.24 bits per heavy atom. The van der Waals surface area contributed by atoms with E-state index < -0.39 is 0 Å². The number of aromatic nitrogens is 1. The van der Waals surface area contributed by atoms with Gasteiger partial charge in [0.2, 0.25) is 0 Å². The molecule has 0 spiro atoms. The fourth-order valence-corrected chi connectivity index (χ4v) is 3.10. The topological polar surface area (TPSA) is 80.5 Å². The zero-order chi connectivity index (χ0) is 14.7. The van der Waals surface area contributed by atoms with E-state index in [2.05, 4.69) is 15.2 Å². The molecule has 0 unspecified atom stereocenters. The number of nitro groups is 1. The van der Waals surface area contributed by atoms with Crippen LogP contribution in [0.5, 0.6) is 0 Å². The quantitative estimate of drug-likeness (QED) is 0.671. The normalized spacial score (nSPS) is 16.2. The van der Waals surface area contributed by atoms with Crippen LogP contribution in [0.3, 0.4) is 0 Å². The van der Waals surface area contributed by atoms with Gasteiger partial charge in [-0.25, -0.2) is 4.98 Å². The minimum atomic E-state index is -0.362. The summed E-state index contributed by atoms with van der Waals surface area (Å²) < 4.78 is 6.13. The van der Waals surface area contributed by atoms with Crippen LogP contribution in [-0.4, -0.2) is 54.2 Å². The van der Waals surface area contributed by atoms with Gasteiger partial charge in [-0.1, -0.05) is 0 Å². The third-order valence-corrected chi connectivity index (χ3v) is 4.30. The minimum Gasteiger partial charge on any atom is -0.379 e. The van der Waals surface area contributed by atoms with Gasteiger partial charge in [0.25, 0.3) is 0 Å². The molecule has 1 aromatic heterocycles. The van der Waals surface area contributed by atoms with Crippen molar-refractivity contribution in [3.05, 3.63) is 27.8 Å². The number of nitrogens with one attached hydrogen (secondary N) is 1. The molecule has 0 radical (unpaired) electrons. The Kier molecular flexibility index (Phi) is 4.28. The molecule has 3 rings (SSSR count). The molecule has 112 valence electrons. The summed E-state index contributed by atoms with van der Waals surface area (Å²) in [5.41, 5.74) is 2.69. The summed E-state index contributed by atoms with van der Waals surface area (Å²) in [6, 6.07) is 3.63. The SMILES string of the molecule is O=[N+]([O-])c1c(NCCN2CCOCC2)ccc2scnc12. The molecule has 2 heterocycles. The van der Waals surface area contributed by atoms with Crippen LogP contribution in [-0.2, 0) is 4.74 Å². The summed E-state index contributed by atoms with van der Waals surface area (Å²) >= 11 is 1.41. The standard InChI is InChI=1S/C13H16N4O3S/c18-17(19)13-10(1-2-11-12(13)15-9-21-11)14-3-4-16-5-7-20-8-6-16/h1-2,9,14H,3-8H2. The lowest BCUT2D eigenvalue weighted by Gasteiger charge is -2.26. The number of nitro benzene ring substituents is 1. The van der Waals surface area contributed by atoms with Crippen molar-refractivity contribution in [2.24, 2.45) is 0 Å². The molecule has 0 bridgehead atoms. The van der Waals surface area contributed by atoms with Gasteiger partial charge in [-0.05, 0) is 12.1 Å². The first-order valence-electron chi connectivity index (χ1n) is 6.80. The Morgan fingerprint density at radius 3 is 3.00 bits per heavy atom. The summed E-state index contributed by atoms with van der Waals surface area (Å²) in [6.07, 6.45) is 0.